The molecule has 540 valence electrons. The highest BCUT2D eigenvalue weighted by Crippen LogP contribution is 2.42. The molecule has 3 aliphatic heterocycles. The molecular weight excluding hydrogens is 1330 g/mol. The summed E-state index contributed by atoms with van der Waals surface area (Å²) in [6.07, 6.45) is 8.53. The van der Waals surface area contributed by atoms with E-state index in [4.69, 9.17) is 27.8 Å². The van der Waals surface area contributed by atoms with Crippen molar-refractivity contribution in [1.82, 2.24) is 61.1 Å². The Kier molecular flexibility index (Phi) is 21.8. The lowest BCUT2D eigenvalue weighted by Gasteiger charge is -2.36. The third-order valence-corrected chi connectivity index (χ3v) is 19.4. The Morgan fingerprint density at radius 3 is 1.10 bits per heavy atom. The van der Waals surface area contributed by atoms with Gasteiger partial charge in [0.25, 0.3) is 17.7 Å². The van der Waals surface area contributed by atoms with Gasteiger partial charge in [-0.2, -0.15) is 30.7 Å². The van der Waals surface area contributed by atoms with Crippen LogP contribution in [0.1, 0.15) is 161 Å². The van der Waals surface area contributed by atoms with Gasteiger partial charge in [-0.1, -0.05) is 70.1 Å². The van der Waals surface area contributed by atoms with Crippen molar-refractivity contribution in [2.45, 2.75) is 161 Å². The summed E-state index contributed by atoms with van der Waals surface area (Å²) in [5, 5.41) is 69.8. The fraction of sp³-hybridized carbons (Fsp3) is 0.392. The summed E-state index contributed by atoms with van der Waals surface area (Å²) in [5.74, 6) is 3.99. The molecule has 6 heterocycles. The molecule has 3 aliphatic carbocycles. The lowest BCUT2D eigenvalue weighted by atomic mass is 10.0. The Hall–Kier alpha value is -11.7. The number of likely N-dealkylation sites (tertiary alicyclic amines) is 3. The van der Waals surface area contributed by atoms with Crippen molar-refractivity contribution in [3.05, 3.63) is 159 Å². The second-order valence-corrected chi connectivity index (χ2v) is 27.8. The lowest BCUT2D eigenvalue weighted by Crippen LogP contribution is -2.57. The molecule has 105 heavy (non-hydrogen) atoms. The fourth-order valence-corrected chi connectivity index (χ4v) is 14.2. The van der Waals surface area contributed by atoms with Crippen molar-refractivity contribution in [2.75, 3.05) is 39.3 Å². The molecule has 9 aromatic rings. The second kappa shape index (κ2) is 31.9. The lowest BCUT2D eigenvalue weighted by molar-refractivity contribution is 0.0257. The number of hydrogen-bond acceptors (Lipinski definition) is 20. The quantitative estimate of drug-likeness (QED) is 0.0636. The van der Waals surface area contributed by atoms with Gasteiger partial charge in [-0.15, -0.1) is 0 Å². The third-order valence-electron chi connectivity index (χ3n) is 19.4. The van der Waals surface area contributed by atoms with Crippen LogP contribution >= 0.6 is 0 Å². The van der Waals surface area contributed by atoms with Crippen LogP contribution in [0.3, 0.4) is 0 Å². The topological polar surface area (TPSA) is 353 Å². The molecule has 0 radical (unpaired) electrons. The molecule has 3 fully saturated rings. The van der Waals surface area contributed by atoms with Gasteiger partial charge in [0, 0.05) is 59.6 Å². The van der Waals surface area contributed by atoms with Crippen molar-refractivity contribution < 1.29 is 52.4 Å². The summed E-state index contributed by atoms with van der Waals surface area (Å²) < 4.78 is 33.7. The van der Waals surface area contributed by atoms with Gasteiger partial charge in [-0.3, -0.25) is 0 Å². The van der Waals surface area contributed by atoms with E-state index in [0.717, 1.165) is 115 Å². The first-order valence-electron chi connectivity index (χ1n) is 35.9. The minimum absolute atomic E-state index is 0.0163. The predicted octanol–water partition coefficient (Wildman–Crippen LogP) is 12.9. The van der Waals surface area contributed by atoms with E-state index in [0.29, 0.717) is 125 Å². The average Bonchev–Trinajstić information content (AvgIpc) is 1.65. The van der Waals surface area contributed by atoms with Crippen molar-refractivity contribution in [3.8, 4) is 104 Å². The van der Waals surface area contributed by atoms with Crippen molar-refractivity contribution >= 4 is 18.1 Å². The van der Waals surface area contributed by atoms with Crippen LogP contribution in [0, 0.1) is 34.0 Å². The molecule has 6 aliphatic rings. The van der Waals surface area contributed by atoms with Crippen LogP contribution in [0.4, 0.5) is 14.4 Å². The highest BCUT2D eigenvalue weighted by molar-refractivity contribution is 5.78. The van der Waals surface area contributed by atoms with Crippen LogP contribution < -0.4 is 30.2 Å². The molecule has 26 nitrogen and oxygen atoms in total. The number of nitrogens with one attached hydrogen (secondary N) is 3. The SMILES string of the molecule is CC(C)Oc1ccc(-c2nc(-c3cccc4c3CC[C@@H]4NC(=O)N3CC(O)C3)no2)cc1C#N.CC(C)Oc1ccc(-c2nc(-c3cccc4c3CC[C@@H]4NC(=O)N3CCC(O)CC3)no2)cc1C#N.CC(C)Oc1ccc(-c2nc(-c3cccc4c3CC[C@@H]4NC(=O)N3CCCCC3)no2)cc1C#N. The minimum Gasteiger partial charge on any atom is -0.490 e. The van der Waals surface area contributed by atoms with Crippen LogP contribution in [0.15, 0.2) is 123 Å². The first kappa shape index (κ1) is 71.7. The summed E-state index contributed by atoms with van der Waals surface area (Å²) in [5.41, 5.74) is 12.4. The van der Waals surface area contributed by atoms with E-state index in [1.807, 2.05) is 101 Å². The first-order valence-corrected chi connectivity index (χ1v) is 35.9. The predicted molar refractivity (Wildman–Crippen MR) is 386 cm³/mol. The number of carbonyl (C=O) groups is 3. The van der Waals surface area contributed by atoms with Crippen molar-refractivity contribution in [1.29, 1.82) is 15.8 Å². The summed E-state index contributed by atoms with van der Waals surface area (Å²) >= 11 is 0. The molecule has 0 spiro atoms. The number of hydrogen-bond donors (Lipinski definition) is 5. The largest absolute Gasteiger partial charge is 0.490 e. The number of aliphatic hydroxyl groups is 2. The number of β-amino-alcohol motifs (C(OH)–C–C–N with tert-alkyl or cyclic N) is 1. The van der Waals surface area contributed by atoms with Crippen molar-refractivity contribution in [2.24, 2.45) is 0 Å². The Balaban J connectivity index is 0.000000140. The number of urea groups is 3. The van der Waals surface area contributed by atoms with Gasteiger partial charge in [0.1, 0.15) is 35.5 Å². The minimum atomic E-state index is -0.427. The molecule has 6 amide bonds. The van der Waals surface area contributed by atoms with Gasteiger partial charge < -0.3 is 68.6 Å². The summed E-state index contributed by atoms with van der Waals surface area (Å²) in [6.45, 7) is 15.0. The van der Waals surface area contributed by atoms with E-state index < -0.39 is 6.10 Å². The molecule has 3 aromatic heterocycles. The fourth-order valence-electron chi connectivity index (χ4n) is 14.2. The maximum Gasteiger partial charge on any atom is 0.318 e. The summed E-state index contributed by atoms with van der Waals surface area (Å²) in [7, 11) is 0. The third kappa shape index (κ3) is 16.3. The van der Waals surface area contributed by atoms with E-state index in [1.54, 1.807) is 58.3 Å². The maximum atomic E-state index is 12.8. The Labute approximate surface area is 607 Å². The van der Waals surface area contributed by atoms with Crippen LogP contribution in [-0.2, 0) is 19.3 Å². The van der Waals surface area contributed by atoms with Crippen LogP contribution in [0.2, 0.25) is 0 Å². The van der Waals surface area contributed by atoms with Gasteiger partial charge >= 0.3 is 18.1 Å². The number of carbonyl (C=O) groups excluding carboxylic acids is 3. The number of aromatic nitrogens is 6. The number of amides is 6. The average molecular weight is 1420 g/mol. The normalized spacial score (nSPS) is 17.4. The molecule has 0 unspecified atom stereocenters. The highest BCUT2D eigenvalue weighted by atomic mass is 16.5. The Morgan fingerprint density at radius 1 is 0.448 bits per heavy atom. The van der Waals surface area contributed by atoms with Crippen LogP contribution in [0.25, 0.3) is 68.5 Å². The maximum absolute atomic E-state index is 12.8. The zero-order valence-corrected chi connectivity index (χ0v) is 59.5. The molecule has 3 atom stereocenters. The van der Waals surface area contributed by atoms with E-state index in [-0.39, 0.29) is 60.6 Å². The number of aliphatic hydroxyl groups excluding tert-OH is 2. The summed E-state index contributed by atoms with van der Waals surface area (Å²) in [6, 6.07) is 39.6. The molecule has 0 saturated carbocycles. The molecule has 26 heteroatoms. The van der Waals surface area contributed by atoms with Gasteiger partial charge in [0.05, 0.1) is 78.4 Å². The molecule has 6 aromatic carbocycles. The van der Waals surface area contributed by atoms with Gasteiger partial charge in [0.15, 0.2) is 0 Å². The van der Waals surface area contributed by atoms with E-state index in [9.17, 15) is 40.4 Å². The molecule has 15 rings (SSSR count). The number of benzene rings is 6. The van der Waals surface area contributed by atoms with Crippen LogP contribution in [-0.4, -0.2) is 143 Å². The Bertz CT molecular complexity index is 4790. The van der Waals surface area contributed by atoms with E-state index in [2.05, 4.69) is 70.6 Å². The highest BCUT2D eigenvalue weighted by Gasteiger charge is 2.35. The van der Waals surface area contributed by atoms with Crippen LogP contribution in [0.5, 0.6) is 17.2 Å². The monoisotopic (exact) mass is 1420 g/mol. The van der Waals surface area contributed by atoms with Crippen molar-refractivity contribution in [3.63, 3.8) is 0 Å². The summed E-state index contributed by atoms with van der Waals surface area (Å²) in [4.78, 5) is 57.1. The Morgan fingerprint density at radius 2 is 0.781 bits per heavy atom. The molecule has 3 saturated heterocycles. The number of ether oxygens (including phenoxy) is 3. The smallest absolute Gasteiger partial charge is 0.318 e. The number of piperidine rings is 2. The van der Waals surface area contributed by atoms with Gasteiger partial charge in [-0.25, -0.2) is 14.4 Å². The molecule has 5 N–H and O–H groups in total. The molecule has 0 bridgehead atoms. The number of nitrogens with zero attached hydrogens (tertiary/aromatic N) is 12. The number of nitriles is 3. The number of fused-ring (bicyclic) bond motifs is 3. The first-order chi connectivity index (χ1) is 50.9. The van der Waals surface area contributed by atoms with Gasteiger partial charge in [0.2, 0.25) is 17.5 Å². The zero-order valence-electron chi connectivity index (χ0n) is 59.5. The molecular formula is C79H83N15O11. The zero-order chi connectivity index (χ0) is 73.4. The second-order valence-electron chi connectivity index (χ2n) is 27.8. The van der Waals surface area contributed by atoms with Gasteiger partial charge in [-0.05, 0) is 200 Å². The van der Waals surface area contributed by atoms with E-state index >= 15 is 0 Å². The number of rotatable bonds is 15. The standard InChI is InChI=1S/C27H29N5O4.C27H29N5O3.C25H25N5O4/c1-16(2)35-24-9-6-17(14-18(24)15-28)26-30-25(31-36-26)22-5-3-4-21-20(22)7-8-23(21)29-27(34)32-12-10-19(33)11-13-32;1-17(2)34-24-12-9-18(15-19(24)16-28)26-30-25(31-35-26)22-8-6-7-21-20(22)10-11-23(21)29-27(33)32-13-4-3-5-14-32;1-14(2)33-22-9-6-15(10-16(22)11-26)24-28-23(29-34-24)20-5-3-4-19-18(20)7-8-21(19)27-25(32)30-12-17(31)13-30/h3-6,9,14,16,19,23,33H,7-8,10-13H2,1-2H3,(H,29,34);6-9,12,15,17,23H,3-5,10-11,13-14H2,1-2H3,(H,29,33);3-6,9-10,14,17,21,31H,7-8,12-13H2,1-2H3,(H,27,32)/t2*23-;21-/m000/s1. The van der Waals surface area contributed by atoms with E-state index in [1.165, 1.54) is 6.42 Å².